The summed E-state index contributed by atoms with van der Waals surface area (Å²) in [6.45, 7) is 4.42. The van der Waals surface area contributed by atoms with Gasteiger partial charge in [-0.05, 0) is 50.6 Å². The van der Waals surface area contributed by atoms with Gasteiger partial charge in [-0.1, -0.05) is 11.6 Å². The molecule has 0 radical (unpaired) electrons. The van der Waals surface area contributed by atoms with Crippen molar-refractivity contribution < 1.29 is 4.79 Å². The first-order chi connectivity index (χ1) is 11.0. The Labute approximate surface area is 143 Å². The number of hydrogen-bond donors (Lipinski definition) is 1. The van der Waals surface area contributed by atoms with E-state index in [0.29, 0.717) is 12.1 Å². The number of aromatic nitrogens is 2. The van der Waals surface area contributed by atoms with Crippen LogP contribution in [0.1, 0.15) is 26.6 Å². The maximum Gasteiger partial charge on any atom is 0.251 e. The Morgan fingerprint density at radius 1 is 1.13 bits per heavy atom. The van der Waals surface area contributed by atoms with Crippen molar-refractivity contribution in [3.05, 3.63) is 56.5 Å². The van der Waals surface area contributed by atoms with Crippen LogP contribution in [0.2, 0.25) is 4.34 Å². The van der Waals surface area contributed by atoms with Gasteiger partial charge in [-0.15, -0.1) is 11.3 Å². The molecule has 1 amide bonds. The fourth-order valence-electron chi connectivity index (χ4n) is 2.26. The quantitative estimate of drug-likeness (QED) is 0.779. The third kappa shape index (κ3) is 3.68. The minimum atomic E-state index is -0.102. The van der Waals surface area contributed by atoms with Gasteiger partial charge in [0.05, 0.1) is 26.8 Å². The van der Waals surface area contributed by atoms with E-state index in [9.17, 15) is 4.79 Å². The summed E-state index contributed by atoms with van der Waals surface area (Å²) in [4.78, 5) is 22.4. The van der Waals surface area contributed by atoms with E-state index >= 15 is 0 Å². The molecule has 1 N–H and O–H groups in total. The van der Waals surface area contributed by atoms with Crippen molar-refractivity contribution in [2.24, 2.45) is 0 Å². The highest BCUT2D eigenvalue weighted by molar-refractivity contribution is 7.16. The van der Waals surface area contributed by atoms with Crippen molar-refractivity contribution >= 4 is 39.9 Å². The van der Waals surface area contributed by atoms with Gasteiger partial charge < -0.3 is 5.32 Å². The van der Waals surface area contributed by atoms with Gasteiger partial charge >= 0.3 is 0 Å². The number of rotatable bonds is 4. The minimum absolute atomic E-state index is 0.102. The third-order valence-electron chi connectivity index (χ3n) is 3.62. The zero-order valence-corrected chi connectivity index (χ0v) is 14.5. The zero-order chi connectivity index (χ0) is 16.4. The van der Waals surface area contributed by atoms with Crippen molar-refractivity contribution in [3.8, 4) is 0 Å². The molecule has 0 aliphatic carbocycles. The van der Waals surface area contributed by atoms with Gasteiger partial charge in [0.1, 0.15) is 0 Å². The molecular formula is C17H16ClN3OS. The first-order valence-electron chi connectivity index (χ1n) is 7.30. The van der Waals surface area contributed by atoms with Crippen LogP contribution in [0.25, 0.3) is 11.0 Å². The highest BCUT2D eigenvalue weighted by Crippen LogP contribution is 2.21. The van der Waals surface area contributed by atoms with Crippen molar-refractivity contribution in [1.82, 2.24) is 15.3 Å². The number of amides is 1. The van der Waals surface area contributed by atoms with Crippen molar-refractivity contribution in [3.63, 3.8) is 0 Å². The van der Waals surface area contributed by atoms with Crippen LogP contribution in [0.15, 0.2) is 30.3 Å². The van der Waals surface area contributed by atoms with Crippen molar-refractivity contribution in [2.45, 2.75) is 20.3 Å². The van der Waals surface area contributed by atoms with Gasteiger partial charge in [0.15, 0.2) is 0 Å². The average Bonchev–Trinajstić information content (AvgIpc) is 2.93. The van der Waals surface area contributed by atoms with Crippen LogP contribution in [0, 0.1) is 13.8 Å². The fourth-order valence-corrected chi connectivity index (χ4v) is 3.35. The van der Waals surface area contributed by atoms with Crippen LogP contribution < -0.4 is 5.32 Å². The summed E-state index contributed by atoms with van der Waals surface area (Å²) in [5, 5.41) is 2.92. The molecular weight excluding hydrogens is 330 g/mol. The van der Waals surface area contributed by atoms with Crippen molar-refractivity contribution in [2.75, 3.05) is 6.54 Å². The summed E-state index contributed by atoms with van der Waals surface area (Å²) in [5.74, 6) is -0.102. The molecule has 0 spiro atoms. The number of fused-ring (bicyclic) bond motifs is 1. The number of carbonyl (C=O) groups is 1. The first-order valence-corrected chi connectivity index (χ1v) is 8.50. The lowest BCUT2D eigenvalue weighted by molar-refractivity contribution is 0.0954. The number of nitrogens with zero attached hydrogens (tertiary/aromatic N) is 2. The monoisotopic (exact) mass is 345 g/mol. The average molecular weight is 346 g/mol. The van der Waals surface area contributed by atoms with Gasteiger partial charge in [-0.2, -0.15) is 0 Å². The largest absolute Gasteiger partial charge is 0.352 e. The van der Waals surface area contributed by atoms with Crippen molar-refractivity contribution in [1.29, 1.82) is 0 Å². The summed E-state index contributed by atoms with van der Waals surface area (Å²) in [7, 11) is 0. The number of halogens is 1. The SMILES string of the molecule is Cc1nc2ccc(C(=O)NCCc3ccc(Cl)s3)cc2nc1C. The lowest BCUT2D eigenvalue weighted by Gasteiger charge is -2.06. The number of hydrogen-bond acceptors (Lipinski definition) is 4. The van der Waals surface area contributed by atoms with Gasteiger partial charge in [0.25, 0.3) is 5.91 Å². The molecule has 118 valence electrons. The van der Waals surface area contributed by atoms with E-state index in [0.717, 1.165) is 38.1 Å². The number of benzene rings is 1. The lowest BCUT2D eigenvalue weighted by atomic mass is 10.1. The summed E-state index contributed by atoms with van der Waals surface area (Å²) in [5.41, 5.74) is 3.93. The Kier molecular flexibility index (Phi) is 4.59. The van der Waals surface area contributed by atoms with E-state index in [-0.39, 0.29) is 5.91 Å². The van der Waals surface area contributed by atoms with Crippen LogP contribution in [0.3, 0.4) is 0 Å². The molecule has 0 aliphatic rings. The summed E-state index contributed by atoms with van der Waals surface area (Å²) >= 11 is 7.43. The van der Waals surface area contributed by atoms with E-state index < -0.39 is 0 Å². The Balaban J connectivity index is 1.69. The molecule has 0 atom stereocenters. The molecule has 0 saturated carbocycles. The Morgan fingerprint density at radius 2 is 1.87 bits per heavy atom. The lowest BCUT2D eigenvalue weighted by Crippen LogP contribution is -2.25. The zero-order valence-electron chi connectivity index (χ0n) is 12.9. The normalized spacial score (nSPS) is 10.9. The maximum atomic E-state index is 12.3. The van der Waals surface area contributed by atoms with Crippen LogP contribution in [-0.2, 0) is 6.42 Å². The van der Waals surface area contributed by atoms with Crippen LogP contribution in [0.5, 0.6) is 0 Å². The van der Waals surface area contributed by atoms with Gasteiger partial charge in [-0.3, -0.25) is 4.79 Å². The molecule has 3 aromatic rings. The van der Waals surface area contributed by atoms with Crippen LogP contribution in [0.4, 0.5) is 0 Å². The molecule has 23 heavy (non-hydrogen) atoms. The summed E-state index contributed by atoms with van der Waals surface area (Å²) < 4.78 is 0.769. The second-order valence-corrected chi connectivity index (χ2v) is 7.11. The number of nitrogens with one attached hydrogen (secondary N) is 1. The highest BCUT2D eigenvalue weighted by atomic mass is 35.5. The Morgan fingerprint density at radius 3 is 2.57 bits per heavy atom. The third-order valence-corrected chi connectivity index (χ3v) is 4.91. The molecule has 2 heterocycles. The molecule has 1 aromatic carbocycles. The van der Waals surface area contributed by atoms with Gasteiger partial charge in [0.2, 0.25) is 0 Å². The maximum absolute atomic E-state index is 12.3. The van der Waals surface area contributed by atoms with E-state index in [2.05, 4.69) is 15.3 Å². The second-order valence-electron chi connectivity index (χ2n) is 5.31. The van der Waals surface area contributed by atoms with Crippen LogP contribution in [-0.4, -0.2) is 22.4 Å². The summed E-state index contributed by atoms with van der Waals surface area (Å²) in [6, 6.07) is 9.25. The topological polar surface area (TPSA) is 54.9 Å². The fraction of sp³-hybridized carbons (Fsp3) is 0.235. The number of aryl methyl sites for hydroxylation is 2. The first kappa shape index (κ1) is 15.9. The highest BCUT2D eigenvalue weighted by Gasteiger charge is 2.09. The molecule has 0 aliphatic heterocycles. The molecule has 6 heteroatoms. The van der Waals surface area contributed by atoms with E-state index in [1.807, 2.05) is 32.0 Å². The predicted octanol–water partition coefficient (Wildman–Crippen LogP) is 3.93. The van der Waals surface area contributed by atoms with E-state index in [4.69, 9.17) is 11.6 Å². The second kappa shape index (κ2) is 6.64. The van der Waals surface area contributed by atoms with E-state index in [1.54, 1.807) is 12.1 Å². The summed E-state index contributed by atoms with van der Waals surface area (Å²) in [6.07, 6.45) is 0.773. The standard InChI is InChI=1S/C17H16ClN3OS/c1-10-11(2)21-15-9-12(3-5-14(15)20-10)17(22)19-8-7-13-4-6-16(18)23-13/h3-6,9H,7-8H2,1-2H3,(H,19,22). The molecule has 2 aromatic heterocycles. The predicted molar refractivity (Wildman–Crippen MR) is 94.4 cm³/mol. The van der Waals surface area contributed by atoms with Gasteiger partial charge in [0, 0.05) is 17.0 Å². The molecule has 4 nitrogen and oxygen atoms in total. The number of thiophene rings is 1. The minimum Gasteiger partial charge on any atom is -0.352 e. The molecule has 0 unspecified atom stereocenters. The van der Waals surface area contributed by atoms with Crippen LogP contribution >= 0.6 is 22.9 Å². The number of carbonyl (C=O) groups excluding carboxylic acids is 1. The molecule has 0 bridgehead atoms. The smallest absolute Gasteiger partial charge is 0.251 e. The van der Waals surface area contributed by atoms with E-state index in [1.165, 1.54) is 11.3 Å². The Hall–Kier alpha value is -1.98. The molecule has 0 saturated heterocycles. The Bertz CT molecular complexity index is 875. The van der Waals surface area contributed by atoms with Gasteiger partial charge in [-0.25, -0.2) is 9.97 Å². The molecule has 3 rings (SSSR count). The molecule has 0 fully saturated rings.